The number of nitrogens with zero attached hydrogens (tertiary/aromatic N) is 5. The second kappa shape index (κ2) is 9.09. The van der Waals surface area contributed by atoms with E-state index in [9.17, 15) is 0 Å². The molecule has 2 aromatic heterocycles. The Labute approximate surface area is 188 Å². The first kappa shape index (κ1) is 20.6. The molecule has 0 spiro atoms. The molecule has 0 amide bonds. The summed E-state index contributed by atoms with van der Waals surface area (Å²) in [6, 6.07) is 17.3. The van der Waals surface area contributed by atoms with Crippen LogP contribution in [-0.4, -0.2) is 37.9 Å². The lowest BCUT2D eigenvalue weighted by molar-refractivity contribution is 0.221. The van der Waals surface area contributed by atoms with E-state index < -0.39 is 0 Å². The van der Waals surface area contributed by atoms with E-state index in [0.29, 0.717) is 5.82 Å². The fourth-order valence-electron chi connectivity index (χ4n) is 4.43. The number of rotatable bonds is 6. The number of aromatic nitrogens is 4. The SMILES string of the molecule is Cc1ccc(Cn2nc(-c3cc(CN4CCCCC4)ccc3-c3ncon3)cc2C)cc1. The van der Waals surface area contributed by atoms with Crippen molar-refractivity contribution in [3.05, 3.63) is 77.3 Å². The maximum atomic E-state index is 5.03. The highest BCUT2D eigenvalue weighted by Gasteiger charge is 2.17. The molecule has 32 heavy (non-hydrogen) atoms. The van der Waals surface area contributed by atoms with Crippen LogP contribution in [0.15, 0.2) is 59.4 Å². The summed E-state index contributed by atoms with van der Waals surface area (Å²) >= 11 is 0. The first-order valence-electron chi connectivity index (χ1n) is 11.4. The van der Waals surface area contributed by atoms with Crippen molar-refractivity contribution in [2.45, 2.75) is 46.2 Å². The molecule has 0 atom stereocenters. The van der Waals surface area contributed by atoms with Crippen LogP contribution in [0.5, 0.6) is 0 Å². The van der Waals surface area contributed by atoms with Gasteiger partial charge >= 0.3 is 0 Å². The van der Waals surface area contributed by atoms with E-state index in [2.05, 4.69) is 82.1 Å². The third-order valence-electron chi connectivity index (χ3n) is 6.25. The van der Waals surface area contributed by atoms with E-state index in [1.54, 1.807) is 0 Å². The average molecular weight is 428 g/mol. The zero-order valence-electron chi connectivity index (χ0n) is 18.8. The first-order chi connectivity index (χ1) is 15.7. The molecule has 0 unspecified atom stereocenters. The maximum absolute atomic E-state index is 5.03. The highest BCUT2D eigenvalue weighted by Crippen LogP contribution is 2.32. The number of hydrogen-bond donors (Lipinski definition) is 0. The van der Waals surface area contributed by atoms with E-state index in [0.717, 1.165) is 35.6 Å². The summed E-state index contributed by atoms with van der Waals surface area (Å²) in [5.74, 6) is 0.593. The number of hydrogen-bond acceptors (Lipinski definition) is 5. The van der Waals surface area contributed by atoms with Crippen molar-refractivity contribution in [1.82, 2.24) is 24.8 Å². The summed E-state index contributed by atoms with van der Waals surface area (Å²) in [4.78, 5) is 6.84. The number of likely N-dealkylation sites (tertiary alicyclic amines) is 1. The molecule has 2 aromatic carbocycles. The van der Waals surface area contributed by atoms with Crippen LogP contribution < -0.4 is 0 Å². The fourth-order valence-corrected chi connectivity index (χ4v) is 4.43. The van der Waals surface area contributed by atoms with Crippen LogP contribution in [0.25, 0.3) is 22.6 Å². The van der Waals surface area contributed by atoms with Gasteiger partial charge in [0.15, 0.2) is 0 Å². The molecule has 3 heterocycles. The molecule has 4 aromatic rings. The number of benzene rings is 2. The minimum absolute atomic E-state index is 0.593. The molecule has 6 heteroatoms. The maximum Gasteiger partial charge on any atom is 0.214 e. The van der Waals surface area contributed by atoms with Crippen molar-refractivity contribution >= 4 is 0 Å². The summed E-state index contributed by atoms with van der Waals surface area (Å²) in [6.45, 7) is 8.27. The van der Waals surface area contributed by atoms with Gasteiger partial charge in [-0.1, -0.05) is 53.5 Å². The average Bonchev–Trinajstić information content (AvgIpc) is 3.46. The molecule has 1 aliphatic heterocycles. The van der Waals surface area contributed by atoms with Gasteiger partial charge < -0.3 is 4.52 Å². The van der Waals surface area contributed by atoms with Crippen molar-refractivity contribution in [2.24, 2.45) is 0 Å². The Kier molecular flexibility index (Phi) is 5.86. The van der Waals surface area contributed by atoms with Crippen LogP contribution in [0, 0.1) is 13.8 Å². The standard InChI is InChI=1S/C26H29N5O/c1-19-6-8-21(9-7-19)17-31-20(2)14-25(28-31)24-15-22(16-30-12-4-3-5-13-30)10-11-23(24)26-27-18-32-29-26/h6-11,14-15,18H,3-5,12-13,16-17H2,1-2H3. The van der Waals surface area contributed by atoms with E-state index in [1.165, 1.54) is 55.4 Å². The minimum atomic E-state index is 0.593. The molecule has 5 rings (SSSR count). The van der Waals surface area contributed by atoms with Crippen molar-refractivity contribution in [2.75, 3.05) is 13.1 Å². The second-order valence-electron chi connectivity index (χ2n) is 8.79. The topological polar surface area (TPSA) is 60.0 Å². The Morgan fingerprint density at radius 2 is 1.62 bits per heavy atom. The monoisotopic (exact) mass is 427 g/mol. The van der Waals surface area contributed by atoms with Gasteiger partial charge in [-0.2, -0.15) is 10.1 Å². The highest BCUT2D eigenvalue weighted by molar-refractivity contribution is 5.79. The van der Waals surface area contributed by atoms with Gasteiger partial charge in [0.25, 0.3) is 0 Å². The van der Waals surface area contributed by atoms with E-state index >= 15 is 0 Å². The van der Waals surface area contributed by atoms with Crippen molar-refractivity contribution in [3.8, 4) is 22.6 Å². The van der Waals surface area contributed by atoms with E-state index in [4.69, 9.17) is 9.62 Å². The van der Waals surface area contributed by atoms with Crippen LogP contribution in [-0.2, 0) is 13.1 Å². The van der Waals surface area contributed by atoms with Gasteiger partial charge in [-0.05, 0) is 63.0 Å². The molecule has 0 aliphatic carbocycles. The van der Waals surface area contributed by atoms with Gasteiger partial charge in [0.1, 0.15) is 0 Å². The third-order valence-corrected chi connectivity index (χ3v) is 6.25. The largest absolute Gasteiger partial charge is 0.342 e. The Bertz CT molecular complexity index is 1170. The minimum Gasteiger partial charge on any atom is -0.342 e. The smallest absolute Gasteiger partial charge is 0.214 e. The lowest BCUT2D eigenvalue weighted by atomic mass is 9.99. The zero-order chi connectivity index (χ0) is 21.9. The predicted molar refractivity (Wildman–Crippen MR) is 125 cm³/mol. The zero-order valence-corrected chi connectivity index (χ0v) is 18.8. The van der Waals surface area contributed by atoms with Crippen LogP contribution in [0.3, 0.4) is 0 Å². The van der Waals surface area contributed by atoms with Gasteiger partial charge in [-0.15, -0.1) is 0 Å². The Morgan fingerprint density at radius 1 is 0.844 bits per heavy atom. The molecule has 1 aliphatic rings. The van der Waals surface area contributed by atoms with E-state index in [1.807, 2.05) is 0 Å². The van der Waals surface area contributed by atoms with Gasteiger partial charge in [0, 0.05) is 23.4 Å². The quantitative estimate of drug-likeness (QED) is 0.421. The molecule has 0 N–H and O–H groups in total. The van der Waals surface area contributed by atoms with Gasteiger partial charge in [-0.25, -0.2) is 0 Å². The molecule has 0 saturated carbocycles. The molecule has 1 saturated heterocycles. The summed E-state index contributed by atoms with van der Waals surface area (Å²) in [7, 11) is 0. The van der Waals surface area contributed by atoms with Crippen molar-refractivity contribution < 1.29 is 4.52 Å². The lowest BCUT2D eigenvalue weighted by Crippen LogP contribution is -2.29. The van der Waals surface area contributed by atoms with Crippen LogP contribution in [0.4, 0.5) is 0 Å². The Hall–Kier alpha value is -3.25. The van der Waals surface area contributed by atoms with Crippen LogP contribution in [0.1, 0.15) is 41.6 Å². The predicted octanol–water partition coefficient (Wildman–Crippen LogP) is 5.25. The summed E-state index contributed by atoms with van der Waals surface area (Å²) < 4.78 is 7.10. The van der Waals surface area contributed by atoms with Crippen molar-refractivity contribution in [1.29, 1.82) is 0 Å². The molecule has 1 fully saturated rings. The third kappa shape index (κ3) is 4.50. The molecular weight excluding hydrogens is 398 g/mol. The van der Waals surface area contributed by atoms with Gasteiger partial charge in [-0.3, -0.25) is 9.58 Å². The normalized spacial score (nSPS) is 14.7. The first-order valence-corrected chi connectivity index (χ1v) is 11.4. The van der Waals surface area contributed by atoms with Gasteiger partial charge in [0.05, 0.1) is 12.2 Å². The second-order valence-corrected chi connectivity index (χ2v) is 8.79. The Morgan fingerprint density at radius 3 is 2.38 bits per heavy atom. The fraction of sp³-hybridized carbons (Fsp3) is 0.346. The van der Waals surface area contributed by atoms with Crippen LogP contribution in [0.2, 0.25) is 0 Å². The highest BCUT2D eigenvalue weighted by atomic mass is 16.5. The number of aryl methyl sites for hydroxylation is 2. The number of piperidine rings is 1. The summed E-state index contributed by atoms with van der Waals surface area (Å²) in [5, 5.41) is 9.07. The van der Waals surface area contributed by atoms with Gasteiger partial charge in [0.2, 0.25) is 12.2 Å². The van der Waals surface area contributed by atoms with E-state index in [-0.39, 0.29) is 0 Å². The molecular formula is C26H29N5O. The summed E-state index contributed by atoms with van der Waals surface area (Å²) in [6.07, 6.45) is 5.30. The Balaban J connectivity index is 1.49. The van der Waals surface area contributed by atoms with Crippen LogP contribution >= 0.6 is 0 Å². The molecule has 164 valence electrons. The molecule has 0 radical (unpaired) electrons. The summed E-state index contributed by atoms with van der Waals surface area (Å²) in [5.41, 5.74) is 7.86. The van der Waals surface area contributed by atoms with Crippen molar-refractivity contribution in [3.63, 3.8) is 0 Å². The lowest BCUT2D eigenvalue weighted by Gasteiger charge is -2.26. The molecule has 0 bridgehead atoms. The molecule has 6 nitrogen and oxygen atoms in total.